The third kappa shape index (κ3) is 1.91. The molecular formula is C22H14O5. The van der Waals surface area contributed by atoms with Crippen molar-refractivity contribution >= 4 is 11.0 Å². The summed E-state index contributed by atoms with van der Waals surface area (Å²) >= 11 is 0. The molecule has 2 bridgehead atoms. The van der Waals surface area contributed by atoms with Gasteiger partial charge in [0.15, 0.2) is 5.76 Å². The summed E-state index contributed by atoms with van der Waals surface area (Å²) in [6.45, 7) is 0. The number of furan rings is 1. The summed E-state index contributed by atoms with van der Waals surface area (Å²) < 4.78 is 24.0. The maximum atomic E-state index is 12.9. The SMILES string of the molecule is O=c1oc2ccccc2c2c1C1CC(c3ccco3)(Oc3ccccc31)O2. The highest BCUT2D eigenvalue weighted by Gasteiger charge is 2.53. The molecule has 4 aromatic rings. The summed E-state index contributed by atoms with van der Waals surface area (Å²) in [5, 5.41) is 0.746. The van der Waals surface area contributed by atoms with Gasteiger partial charge in [0.05, 0.1) is 17.2 Å². The van der Waals surface area contributed by atoms with Crippen LogP contribution in [0.5, 0.6) is 11.5 Å². The van der Waals surface area contributed by atoms with Gasteiger partial charge in [-0.3, -0.25) is 0 Å². The Morgan fingerprint density at radius 1 is 0.926 bits per heavy atom. The quantitative estimate of drug-likeness (QED) is 0.467. The molecule has 5 heteroatoms. The second-order valence-corrected chi connectivity index (χ2v) is 6.86. The molecule has 0 spiro atoms. The lowest BCUT2D eigenvalue weighted by molar-refractivity contribution is -0.161. The second-order valence-electron chi connectivity index (χ2n) is 6.86. The standard InChI is InChI=1S/C22H14O5/c23-21-19-15-12-22(18-10-5-11-24-18,26-17-9-4-1-6-13(15)17)27-20(19)14-7-2-3-8-16(14)25-21/h1-11,15H,12H2. The van der Waals surface area contributed by atoms with Gasteiger partial charge in [-0.25, -0.2) is 4.79 Å². The lowest BCUT2D eigenvalue weighted by Gasteiger charge is -2.44. The highest BCUT2D eigenvalue weighted by Crippen LogP contribution is 2.55. The van der Waals surface area contributed by atoms with Gasteiger partial charge in [0.25, 0.3) is 0 Å². The number of hydrogen-bond donors (Lipinski definition) is 0. The fraction of sp³-hybridized carbons (Fsp3) is 0.136. The zero-order valence-corrected chi connectivity index (χ0v) is 14.2. The topological polar surface area (TPSA) is 61.8 Å². The van der Waals surface area contributed by atoms with Crippen LogP contribution in [0.25, 0.3) is 11.0 Å². The Kier molecular flexibility index (Phi) is 2.74. The number of fused-ring (bicyclic) bond motifs is 8. The number of para-hydroxylation sites is 2. The predicted molar refractivity (Wildman–Crippen MR) is 97.0 cm³/mol. The van der Waals surface area contributed by atoms with Gasteiger partial charge in [-0.15, -0.1) is 0 Å². The van der Waals surface area contributed by atoms with Crippen LogP contribution >= 0.6 is 0 Å². The first-order valence-electron chi connectivity index (χ1n) is 8.82. The Bertz CT molecular complexity index is 1240. The molecule has 4 heterocycles. The van der Waals surface area contributed by atoms with E-state index in [1.807, 2.05) is 48.5 Å². The fourth-order valence-corrected chi connectivity index (χ4v) is 4.19. The molecule has 27 heavy (non-hydrogen) atoms. The van der Waals surface area contributed by atoms with Crippen LogP contribution < -0.4 is 15.1 Å². The molecule has 2 aliphatic rings. The van der Waals surface area contributed by atoms with E-state index in [2.05, 4.69) is 0 Å². The zero-order valence-electron chi connectivity index (χ0n) is 14.2. The van der Waals surface area contributed by atoms with Crippen LogP contribution in [0.1, 0.15) is 29.2 Å². The summed E-state index contributed by atoms with van der Waals surface area (Å²) in [6.07, 6.45) is 2.03. The van der Waals surface area contributed by atoms with Gasteiger partial charge < -0.3 is 18.3 Å². The van der Waals surface area contributed by atoms with E-state index in [1.165, 1.54) is 0 Å². The van der Waals surface area contributed by atoms with E-state index in [4.69, 9.17) is 18.3 Å². The maximum absolute atomic E-state index is 12.9. The minimum absolute atomic E-state index is 0.204. The Morgan fingerprint density at radius 2 is 1.78 bits per heavy atom. The Hall–Kier alpha value is -3.47. The van der Waals surface area contributed by atoms with Crippen LogP contribution in [-0.2, 0) is 5.79 Å². The molecule has 0 N–H and O–H groups in total. The fourth-order valence-electron chi connectivity index (χ4n) is 4.19. The molecule has 0 saturated carbocycles. The molecule has 132 valence electrons. The molecule has 0 aliphatic carbocycles. The third-order valence-corrected chi connectivity index (χ3v) is 5.35. The van der Waals surface area contributed by atoms with E-state index in [1.54, 1.807) is 18.4 Å². The normalized spacial score (nSPS) is 22.4. The number of hydrogen-bond acceptors (Lipinski definition) is 5. The minimum Gasteiger partial charge on any atom is -0.461 e. The Morgan fingerprint density at radius 3 is 2.67 bits per heavy atom. The van der Waals surface area contributed by atoms with Gasteiger partial charge >= 0.3 is 11.4 Å². The summed E-state index contributed by atoms with van der Waals surface area (Å²) in [5.74, 6) is 0.438. The Labute approximate surface area is 153 Å². The molecule has 5 nitrogen and oxygen atoms in total. The number of benzene rings is 2. The first-order valence-corrected chi connectivity index (χ1v) is 8.82. The molecule has 6 rings (SSSR count). The van der Waals surface area contributed by atoms with Gasteiger partial charge in [-0.2, -0.15) is 0 Å². The molecule has 2 aliphatic heterocycles. The van der Waals surface area contributed by atoms with E-state index < -0.39 is 5.79 Å². The zero-order chi connectivity index (χ0) is 18.0. The molecule has 2 aromatic heterocycles. The van der Waals surface area contributed by atoms with Gasteiger partial charge in [-0.1, -0.05) is 30.3 Å². The van der Waals surface area contributed by atoms with Crippen LogP contribution in [0.4, 0.5) is 0 Å². The average molecular weight is 358 g/mol. The van der Waals surface area contributed by atoms with E-state index in [0.717, 1.165) is 10.9 Å². The molecule has 0 radical (unpaired) electrons. The molecule has 2 atom stereocenters. The van der Waals surface area contributed by atoms with Crippen LogP contribution in [0.3, 0.4) is 0 Å². The van der Waals surface area contributed by atoms with Crippen molar-refractivity contribution in [1.82, 2.24) is 0 Å². The van der Waals surface area contributed by atoms with E-state index >= 15 is 0 Å². The van der Waals surface area contributed by atoms with E-state index in [9.17, 15) is 4.79 Å². The van der Waals surface area contributed by atoms with E-state index in [0.29, 0.717) is 34.8 Å². The van der Waals surface area contributed by atoms with Crippen LogP contribution in [-0.4, -0.2) is 0 Å². The molecule has 2 aromatic carbocycles. The molecule has 2 unspecified atom stereocenters. The van der Waals surface area contributed by atoms with Crippen molar-refractivity contribution < 1.29 is 18.3 Å². The summed E-state index contributed by atoms with van der Waals surface area (Å²) in [7, 11) is 0. The van der Waals surface area contributed by atoms with Crippen LogP contribution in [0.15, 0.2) is 80.6 Å². The van der Waals surface area contributed by atoms with Crippen molar-refractivity contribution in [3.8, 4) is 11.5 Å². The number of ether oxygens (including phenoxy) is 2. The van der Waals surface area contributed by atoms with Gasteiger partial charge in [-0.05, 0) is 30.3 Å². The van der Waals surface area contributed by atoms with Crippen molar-refractivity contribution in [2.75, 3.05) is 0 Å². The van der Waals surface area contributed by atoms with Crippen LogP contribution in [0, 0.1) is 0 Å². The first-order chi connectivity index (χ1) is 13.3. The molecule has 0 fully saturated rings. The largest absolute Gasteiger partial charge is 0.461 e. The van der Waals surface area contributed by atoms with Crippen LogP contribution in [0.2, 0.25) is 0 Å². The lowest BCUT2D eigenvalue weighted by Crippen LogP contribution is -2.47. The first kappa shape index (κ1) is 14.7. The monoisotopic (exact) mass is 358 g/mol. The summed E-state index contributed by atoms with van der Waals surface area (Å²) in [6, 6.07) is 18.7. The summed E-state index contributed by atoms with van der Waals surface area (Å²) in [4.78, 5) is 12.9. The molecule has 0 saturated heterocycles. The Balaban J connectivity index is 1.72. The van der Waals surface area contributed by atoms with E-state index in [-0.39, 0.29) is 11.5 Å². The van der Waals surface area contributed by atoms with Crippen molar-refractivity contribution in [1.29, 1.82) is 0 Å². The minimum atomic E-state index is -1.12. The molecule has 0 amide bonds. The van der Waals surface area contributed by atoms with Crippen molar-refractivity contribution in [3.05, 3.63) is 94.2 Å². The summed E-state index contributed by atoms with van der Waals surface area (Å²) in [5.41, 5.74) is 1.60. The predicted octanol–water partition coefficient (Wildman–Crippen LogP) is 4.55. The smallest absolute Gasteiger partial charge is 0.343 e. The lowest BCUT2D eigenvalue weighted by atomic mass is 9.80. The maximum Gasteiger partial charge on any atom is 0.343 e. The second kappa shape index (κ2) is 5.04. The molecular weight excluding hydrogens is 344 g/mol. The highest BCUT2D eigenvalue weighted by molar-refractivity contribution is 5.85. The van der Waals surface area contributed by atoms with Gasteiger partial charge in [0, 0.05) is 17.9 Å². The van der Waals surface area contributed by atoms with Gasteiger partial charge in [0.1, 0.15) is 17.1 Å². The average Bonchev–Trinajstić information content (AvgIpc) is 3.23. The number of rotatable bonds is 1. The van der Waals surface area contributed by atoms with Crippen molar-refractivity contribution in [2.24, 2.45) is 0 Å². The van der Waals surface area contributed by atoms with Crippen molar-refractivity contribution in [2.45, 2.75) is 18.1 Å². The highest BCUT2D eigenvalue weighted by atomic mass is 16.7. The van der Waals surface area contributed by atoms with Crippen molar-refractivity contribution in [3.63, 3.8) is 0 Å². The third-order valence-electron chi connectivity index (χ3n) is 5.35. The van der Waals surface area contributed by atoms with Gasteiger partial charge in [0.2, 0.25) is 0 Å².